The molecule has 0 saturated heterocycles. The summed E-state index contributed by atoms with van der Waals surface area (Å²) in [5.74, 6) is -1.67. The third kappa shape index (κ3) is 5.42. The van der Waals surface area contributed by atoms with E-state index in [0.29, 0.717) is 16.9 Å². The zero-order valence-corrected chi connectivity index (χ0v) is 17.4. The maximum absolute atomic E-state index is 13.1. The zero-order valence-electron chi connectivity index (χ0n) is 17.4. The van der Waals surface area contributed by atoms with E-state index in [2.05, 4.69) is 10.3 Å². The average molecular weight is 423 g/mol. The number of amides is 1. The molecule has 1 aromatic heterocycles. The lowest BCUT2D eigenvalue weighted by Gasteiger charge is -2.17. The minimum absolute atomic E-state index is 0.111. The van der Waals surface area contributed by atoms with Gasteiger partial charge in [0.1, 0.15) is 5.82 Å². The van der Waals surface area contributed by atoms with Gasteiger partial charge in [-0.2, -0.15) is 0 Å². The van der Waals surface area contributed by atoms with E-state index in [0.717, 1.165) is 0 Å². The summed E-state index contributed by atoms with van der Waals surface area (Å²) in [7, 11) is 0. The summed E-state index contributed by atoms with van der Waals surface area (Å²) in [6.07, 6.45) is 2.71. The SMILES string of the molecule is CC(C)(C)C(=O)Nc1ccc(C(=O)COC(=O)c2cncn2-c2ccc(F)cc2)cc1. The number of esters is 1. The van der Waals surface area contributed by atoms with Crippen LogP contribution in [-0.2, 0) is 9.53 Å². The van der Waals surface area contributed by atoms with Crippen molar-refractivity contribution in [2.45, 2.75) is 20.8 Å². The summed E-state index contributed by atoms with van der Waals surface area (Å²) in [6, 6.07) is 11.9. The fourth-order valence-corrected chi connectivity index (χ4v) is 2.60. The predicted octanol–water partition coefficient (Wildman–Crippen LogP) is 4.04. The smallest absolute Gasteiger partial charge is 0.357 e. The molecule has 160 valence electrons. The Labute approximate surface area is 178 Å². The van der Waals surface area contributed by atoms with Crippen molar-refractivity contribution in [3.63, 3.8) is 0 Å². The molecule has 1 N–H and O–H groups in total. The van der Waals surface area contributed by atoms with E-state index in [1.807, 2.05) is 0 Å². The van der Waals surface area contributed by atoms with Crippen LogP contribution in [0.15, 0.2) is 61.1 Å². The Balaban J connectivity index is 1.61. The first-order chi connectivity index (χ1) is 14.6. The number of imidazole rings is 1. The van der Waals surface area contributed by atoms with Crippen LogP contribution in [0.5, 0.6) is 0 Å². The van der Waals surface area contributed by atoms with Gasteiger partial charge in [-0.3, -0.25) is 14.2 Å². The number of benzene rings is 2. The number of Topliss-reactive ketones (excluding diaryl/α,β-unsaturated/α-hetero) is 1. The normalized spacial score (nSPS) is 11.1. The Morgan fingerprint density at radius 3 is 2.29 bits per heavy atom. The minimum Gasteiger partial charge on any atom is -0.453 e. The molecule has 0 saturated carbocycles. The van der Waals surface area contributed by atoms with Crippen LogP contribution in [0.3, 0.4) is 0 Å². The maximum Gasteiger partial charge on any atom is 0.357 e. The number of hydrogen-bond acceptors (Lipinski definition) is 5. The van der Waals surface area contributed by atoms with Crippen LogP contribution in [0.4, 0.5) is 10.1 Å². The maximum atomic E-state index is 13.1. The standard InChI is InChI=1S/C23H22FN3O4/c1-23(2,3)22(30)26-17-8-4-15(5-9-17)20(28)13-31-21(29)19-12-25-14-27(19)18-10-6-16(24)7-11-18/h4-12,14H,13H2,1-3H3,(H,26,30). The van der Waals surface area contributed by atoms with Crippen molar-refractivity contribution >= 4 is 23.3 Å². The summed E-state index contributed by atoms with van der Waals surface area (Å²) in [4.78, 5) is 40.7. The largest absolute Gasteiger partial charge is 0.453 e. The highest BCUT2D eigenvalue weighted by molar-refractivity contribution is 6.00. The van der Waals surface area contributed by atoms with Crippen LogP contribution < -0.4 is 5.32 Å². The lowest BCUT2D eigenvalue weighted by atomic mass is 9.95. The Morgan fingerprint density at radius 1 is 1.03 bits per heavy atom. The van der Waals surface area contributed by atoms with Gasteiger partial charge < -0.3 is 10.1 Å². The Bertz CT molecular complexity index is 1100. The van der Waals surface area contributed by atoms with Gasteiger partial charge in [-0.25, -0.2) is 14.2 Å². The number of nitrogens with one attached hydrogen (secondary N) is 1. The van der Waals surface area contributed by atoms with Crippen LogP contribution >= 0.6 is 0 Å². The molecule has 0 atom stereocenters. The highest BCUT2D eigenvalue weighted by Crippen LogP contribution is 2.18. The molecule has 3 aromatic rings. The van der Waals surface area contributed by atoms with E-state index >= 15 is 0 Å². The van der Waals surface area contributed by atoms with Crippen LogP contribution in [-0.4, -0.2) is 33.8 Å². The molecule has 0 aliphatic rings. The van der Waals surface area contributed by atoms with Gasteiger partial charge >= 0.3 is 5.97 Å². The number of carbonyl (C=O) groups excluding carboxylic acids is 3. The number of carbonyl (C=O) groups is 3. The topological polar surface area (TPSA) is 90.3 Å². The lowest BCUT2D eigenvalue weighted by Crippen LogP contribution is -2.27. The molecule has 0 unspecified atom stereocenters. The van der Waals surface area contributed by atoms with Crippen LogP contribution in [0.2, 0.25) is 0 Å². The number of rotatable bonds is 6. The molecule has 8 heteroatoms. The van der Waals surface area contributed by atoms with Gasteiger partial charge in [-0.1, -0.05) is 20.8 Å². The molecule has 0 aliphatic carbocycles. The van der Waals surface area contributed by atoms with Crippen molar-refractivity contribution in [1.82, 2.24) is 9.55 Å². The van der Waals surface area contributed by atoms with Crippen molar-refractivity contribution in [2.24, 2.45) is 5.41 Å². The minimum atomic E-state index is -0.732. The second-order valence-corrected chi connectivity index (χ2v) is 7.91. The molecule has 0 fully saturated rings. The molecule has 0 spiro atoms. The average Bonchev–Trinajstić information content (AvgIpc) is 3.22. The van der Waals surface area contributed by atoms with E-state index < -0.39 is 29.6 Å². The van der Waals surface area contributed by atoms with Gasteiger partial charge in [0.05, 0.1) is 12.5 Å². The van der Waals surface area contributed by atoms with E-state index in [1.54, 1.807) is 45.0 Å². The van der Waals surface area contributed by atoms with E-state index in [9.17, 15) is 18.8 Å². The molecule has 7 nitrogen and oxygen atoms in total. The Morgan fingerprint density at radius 2 is 1.68 bits per heavy atom. The number of halogens is 1. The van der Waals surface area contributed by atoms with Crippen LogP contribution in [0, 0.1) is 11.2 Å². The summed E-state index contributed by atoms with van der Waals surface area (Å²) < 4.78 is 19.7. The third-order valence-electron chi connectivity index (χ3n) is 4.43. The molecule has 0 aliphatic heterocycles. The Kier molecular flexibility index (Phi) is 6.29. The van der Waals surface area contributed by atoms with Gasteiger partial charge in [0, 0.05) is 22.4 Å². The fraction of sp³-hybridized carbons (Fsp3) is 0.217. The first-order valence-corrected chi connectivity index (χ1v) is 9.55. The molecule has 0 bridgehead atoms. The predicted molar refractivity (Wildman–Crippen MR) is 113 cm³/mol. The van der Waals surface area contributed by atoms with E-state index in [4.69, 9.17) is 4.74 Å². The summed E-state index contributed by atoms with van der Waals surface area (Å²) in [5.41, 5.74) is 1.01. The fourth-order valence-electron chi connectivity index (χ4n) is 2.60. The Hall–Kier alpha value is -3.81. The molecule has 1 heterocycles. The molecular weight excluding hydrogens is 401 g/mol. The molecule has 1 amide bonds. The monoisotopic (exact) mass is 423 g/mol. The van der Waals surface area contributed by atoms with E-state index in [-0.39, 0.29) is 11.6 Å². The van der Waals surface area contributed by atoms with Crippen LogP contribution in [0.25, 0.3) is 5.69 Å². The van der Waals surface area contributed by atoms with Crippen molar-refractivity contribution in [3.8, 4) is 5.69 Å². The first-order valence-electron chi connectivity index (χ1n) is 9.55. The number of ketones is 1. The second-order valence-electron chi connectivity index (χ2n) is 7.91. The van der Waals surface area contributed by atoms with E-state index in [1.165, 1.54) is 41.4 Å². The van der Waals surface area contributed by atoms with Gasteiger partial charge in [-0.15, -0.1) is 0 Å². The molecule has 0 radical (unpaired) electrons. The van der Waals surface area contributed by atoms with Gasteiger partial charge in [0.15, 0.2) is 18.1 Å². The number of aromatic nitrogens is 2. The molecule has 31 heavy (non-hydrogen) atoms. The van der Waals surface area contributed by atoms with Crippen molar-refractivity contribution in [1.29, 1.82) is 0 Å². The van der Waals surface area contributed by atoms with Crippen molar-refractivity contribution < 1.29 is 23.5 Å². The van der Waals surface area contributed by atoms with Crippen molar-refractivity contribution in [2.75, 3.05) is 11.9 Å². The highest BCUT2D eigenvalue weighted by atomic mass is 19.1. The molecule has 2 aromatic carbocycles. The molecular formula is C23H22FN3O4. The number of anilines is 1. The summed E-state index contributed by atoms with van der Waals surface area (Å²) >= 11 is 0. The lowest BCUT2D eigenvalue weighted by molar-refractivity contribution is -0.123. The summed E-state index contributed by atoms with van der Waals surface area (Å²) in [6.45, 7) is 4.95. The molecule has 3 rings (SSSR count). The summed E-state index contributed by atoms with van der Waals surface area (Å²) in [5, 5.41) is 2.77. The highest BCUT2D eigenvalue weighted by Gasteiger charge is 2.21. The quantitative estimate of drug-likeness (QED) is 0.477. The van der Waals surface area contributed by atoms with Gasteiger partial charge in [0.25, 0.3) is 0 Å². The third-order valence-corrected chi connectivity index (χ3v) is 4.43. The van der Waals surface area contributed by atoms with Crippen LogP contribution in [0.1, 0.15) is 41.6 Å². The first kappa shape index (κ1) is 21.9. The van der Waals surface area contributed by atoms with Gasteiger partial charge in [0.2, 0.25) is 5.91 Å². The number of nitrogens with zero attached hydrogens (tertiary/aromatic N) is 2. The number of ether oxygens (including phenoxy) is 1. The van der Waals surface area contributed by atoms with Crippen molar-refractivity contribution in [3.05, 3.63) is 78.1 Å². The zero-order chi connectivity index (χ0) is 22.6. The second kappa shape index (κ2) is 8.91. The number of hydrogen-bond donors (Lipinski definition) is 1. The van der Waals surface area contributed by atoms with Gasteiger partial charge in [-0.05, 0) is 48.5 Å².